The van der Waals surface area contributed by atoms with E-state index in [0.29, 0.717) is 13.0 Å². The zero-order valence-electron chi connectivity index (χ0n) is 14.1. The first-order chi connectivity index (χ1) is 11.2. The molecule has 0 saturated heterocycles. The molecule has 1 aromatic carbocycles. The minimum atomic E-state index is -0.181. The Labute approximate surface area is 165 Å². The quantitative estimate of drug-likeness (QED) is 0.777. The first-order valence-corrected chi connectivity index (χ1v) is 9.05. The van der Waals surface area contributed by atoms with E-state index in [0.717, 1.165) is 42.8 Å². The second-order valence-corrected chi connectivity index (χ2v) is 7.25. The fraction of sp³-hybridized carbons (Fsp3) is 0.444. The van der Waals surface area contributed by atoms with Gasteiger partial charge in [-0.25, -0.2) is 4.98 Å². The van der Waals surface area contributed by atoms with Gasteiger partial charge >= 0.3 is 0 Å². The van der Waals surface area contributed by atoms with Gasteiger partial charge in [0.1, 0.15) is 0 Å². The van der Waals surface area contributed by atoms with E-state index in [1.54, 1.807) is 11.3 Å². The average Bonchev–Trinajstić information content (AvgIpc) is 3.18. The van der Waals surface area contributed by atoms with Crippen molar-refractivity contribution < 1.29 is 4.79 Å². The summed E-state index contributed by atoms with van der Waals surface area (Å²) in [6, 6.07) is 10.3. The number of nitrogens with two attached hydrogens (primary N) is 1. The Balaban J connectivity index is 0.00000156. The van der Waals surface area contributed by atoms with Crippen molar-refractivity contribution >= 4 is 42.1 Å². The fourth-order valence-corrected chi connectivity index (χ4v) is 4.05. The zero-order valence-corrected chi connectivity index (χ0v) is 16.5. The van der Waals surface area contributed by atoms with Crippen molar-refractivity contribution in [2.75, 3.05) is 6.54 Å². The molecule has 25 heavy (non-hydrogen) atoms. The molecule has 0 atom stereocenters. The lowest BCUT2D eigenvalue weighted by molar-refractivity contribution is -0.122. The van der Waals surface area contributed by atoms with Gasteiger partial charge in [-0.1, -0.05) is 43.2 Å². The Morgan fingerprint density at radius 3 is 2.52 bits per heavy atom. The molecule has 0 spiro atoms. The van der Waals surface area contributed by atoms with Gasteiger partial charge in [-0.05, 0) is 18.4 Å². The summed E-state index contributed by atoms with van der Waals surface area (Å²) in [4.78, 5) is 16.9. The average molecular weight is 402 g/mol. The van der Waals surface area contributed by atoms with Crippen molar-refractivity contribution in [1.82, 2.24) is 10.3 Å². The van der Waals surface area contributed by atoms with E-state index >= 15 is 0 Å². The summed E-state index contributed by atoms with van der Waals surface area (Å²) in [6.07, 6.45) is 5.44. The van der Waals surface area contributed by atoms with Gasteiger partial charge in [0.25, 0.3) is 0 Å². The molecule has 1 heterocycles. The molecule has 0 unspecified atom stereocenters. The topological polar surface area (TPSA) is 68.0 Å². The summed E-state index contributed by atoms with van der Waals surface area (Å²) in [5.74, 6) is 0.0360. The van der Waals surface area contributed by atoms with Crippen LogP contribution in [0.1, 0.15) is 41.9 Å². The molecule has 3 N–H and O–H groups in total. The number of amides is 1. The van der Waals surface area contributed by atoms with Crippen LogP contribution < -0.4 is 11.1 Å². The van der Waals surface area contributed by atoms with E-state index in [2.05, 4.69) is 22.4 Å². The van der Waals surface area contributed by atoms with Crippen molar-refractivity contribution in [2.24, 2.45) is 5.73 Å². The molecule has 7 heteroatoms. The molecule has 2 aromatic rings. The maximum Gasteiger partial charge on any atom is 0.226 e. The van der Waals surface area contributed by atoms with Gasteiger partial charge in [-0.15, -0.1) is 36.2 Å². The lowest BCUT2D eigenvalue weighted by Gasteiger charge is -2.28. The molecule has 138 valence electrons. The number of halogens is 2. The van der Waals surface area contributed by atoms with Crippen LogP contribution in [0.25, 0.3) is 0 Å². The third-order valence-corrected chi connectivity index (χ3v) is 5.39. The van der Waals surface area contributed by atoms with Gasteiger partial charge < -0.3 is 11.1 Å². The number of nitrogens with one attached hydrogen (secondary N) is 1. The van der Waals surface area contributed by atoms with E-state index in [4.69, 9.17) is 5.73 Å². The molecule has 1 aromatic heterocycles. The highest BCUT2D eigenvalue weighted by Gasteiger charge is 2.33. The number of hydrogen-bond donors (Lipinski definition) is 2. The predicted octanol–water partition coefficient (Wildman–Crippen LogP) is 3.51. The van der Waals surface area contributed by atoms with Crippen molar-refractivity contribution in [1.29, 1.82) is 0 Å². The van der Waals surface area contributed by atoms with Crippen LogP contribution in [0, 0.1) is 0 Å². The van der Waals surface area contributed by atoms with Crippen molar-refractivity contribution in [3.63, 3.8) is 0 Å². The van der Waals surface area contributed by atoms with Crippen LogP contribution in [0.4, 0.5) is 0 Å². The second-order valence-electron chi connectivity index (χ2n) is 6.31. The highest BCUT2D eigenvalue weighted by atomic mass is 35.5. The highest BCUT2D eigenvalue weighted by molar-refractivity contribution is 7.09. The van der Waals surface area contributed by atoms with E-state index in [1.807, 2.05) is 23.6 Å². The number of carbonyl (C=O) groups is 1. The number of aromatic nitrogens is 1. The normalized spacial score (nSPS) is 15.1. The van der Waals surface area contributed by atoms with Crippen LogP contribution in [0.5, 0.6) is 0 Å². The maximum absolute atomic E-state index is 12.3. The van der Waals surface area contributed by atoms with Crippen molar-refractivity contribution in [3.05, 3.63) is 52.0 Å². The Bertz CT molecular complexity index is 657. The molecule has 0 aliphatic heterocycles. The number of benzene rings is 1. The van der Waals surface area contributed by atoms with E-state index < -0.39 is 0 Å². The maximum atomic E-state index is 12.3. The molecular weight excluding hydrogens is 377 g/mol. The highest BCUT2D eigenvalue weighted by Crippen LogP contribution is 2.28. The standard InChI is InChI=1S/C18H23N3OS.2ClH/c19-13-18(8-4-5-9-18)21-16(22)11-15-12-23-17(20-15)10-14-6-2-1-3-7-14;;/h1-3,6-7,12H,4-5,8-11,13,19H2,(H,21,22);2*1H. The van der Waals surface area contributed by atoms with Gasteiger partial charge in [0.2, 0.25) is 5.91 Å². The monoisotopic (exact) mass is 401 g/mol. The molecule has 1 fully saturated rings. The molecule has 4 nitrogen and oxygen atoms in total. The molecule has 1 aliphatic rings. The van der Waals surface area contributed by atoms with Crippen LogP contribution >= 0.6 is 36.2 Å². The number of thiazole rings is 1. The smallest absolute Gasteiger partial charge is 0.226 e. The Morgan fingerprint density at radius 2 is 1.88 bits per heavy atom. The van der Waals surface area contributed by atoms with Crippen LogP contribution in [-0.2, 0) is 17.6 Å². The van der Waals surface area contributed by atoms with Gasteiger partial charge in [-0.2, -0.15) is 0 Å². The van der Waals surface area contributed by atoms with E-state index in [-0.39, 0.29) is 36.3 Å². The first-order valence-electron chi connectivity index (χ1n) is 8.17. The van der Waals surface area contributed by atoms with Gasteiger partial charge in [0.05, 0.1) is 22.7 Å². The third kappa shape index (κ3) is 5.96. The lowest BCUT2D eigenvalue weighted by atomic mass is 9.97. The summed E-state index contributed by atoms with van der Waals surface area (Å²) in [7, 11) is 0. The molecule has 1 aliphatic carbocycles. The summed E-state index contributed by atoms with van der Waals surface area (Å²) in [5, 5.41) is 6.19. The molecule has 1 saturated carbocycles. The van der Waals surface area contributed by atoms with Crippen LogP contribution in [-0.4, -0.2) is 23.0 Å². The zero-order chi connectivity index (χ0) is 16.1. The predicted molar refractivity (Wildman–Crippen MR) is 108 cm³/mol. The van der Waals surface area contributed by atoms with Gasteiger partial charge in [0.15, 0.2) is 0 Å². The van der Waals surface area contributed by atoms with Crippen LogP contribution in [0.2, 0.25) is 0 Å². The molecule has 0 radical (unpaired) electrons. The number of carbonyl (C=O) groups excluding carboxylic acids is 1. The Morgan fingerprint density at radius 1 is 1.20 bits per heavy atom. The molecular formula is C18H25Cl2N3OS. The minimum absolute atomic E-state index is 0. The largest absolute Gasteiger partial charge is 0.349 e. The summed E-state index contributed by atoms with van der Waals surface area (Å²) in [5.41, 5.74) is 7.78. The van der Waals surface area contributed by atoms with Crippen molar-refractivity contribution in [2.45, 2.75) is 44.1 Å². The SMILES string of the molecule is Cl.Cl.NCC1(NC(=O)Cc2csc(Cc3ccccc3)n2)CCCC1. The Kier molecular flexibility index (Phi) is 8.86. The Hall–Kier alpha value is -1.14. The third-order valence-electron chi connectivity index (χ3n) is 4.50. The fourth-order valence-electron chi connectivity index (χ4n) is 3.22. The summed E-state index contributed by atoms with van der Waals surface area (Å²) >= 11 is 1.62. The second kappa shape index (κ2) is 10.1. The molecule has 3 rings (SSSR count). The minimum Gasteiger partial charge on any atom is -0.349 e. The number of nitrogens with zero attached hydrogens (tertiary/aromatic N) is 1. The lowest BCUT2D eigenvalue weighted by Crippen LogP contribution is -2.52. The molecule has 1 amide bonds. The number of hydrogen-bond acceptors (Lipinski definition) is 4. The van der Waals surface area contributed by atoms with E-state index in [9.17, 15) is 4.79 Å². The van der Waals surface area contributed by atoms with E-state index in [1.165, 1.54) is 5.56 Å². The van der Waals surface area contributed by atoms with Gasteiger partial charge in [-0.3, -0.25) is 4.79 Å². The molecule has 0 bridgehead atoms. The van der Waals surface area contributed by atoms with Gasteiger partial charge in [0, 0.05) is 18.3 Å². The summed E-state index contributed by atoms with van der Waals surface area (Å²) in [6.45, 7) is 0.523. The van der Waals surface area contributed by atoms with Crippen molar-refractivity contribution in [3.8, 4) is 0 Å². The number of rotatable bonds is 6. The van der Waals surface area contributed by atoms with Crippen LogP contribution in [0.3, 0.4) is 0 Å². The first kappa shape index (κ1) is 21.9. The summed E-state index contributed by atoms with van der Waals surface area (Å²) < 4.78 is 0. The van der Waals surface area contributed by atoms with Crippen LogP contribution in [0.15, 0.2) is 35.7 Å².